The van der Waals surface area contributed by atoms with Crippen LogP contribution in [-0.4, -0.2) is 75.2 Å². The van der Waals surface area contributed by atoms with Crippen molar-refractivity contribution in [3.63, 3.8) is 0 Å². The Bertz CT molecular complexity index is 653. The number of rotatable bonds is 8. The van der Waals surface area contributed by atoms with Gasteiger partial charge in [-0.1, -0.05) is 12.1 Å². The molecule has 27 heavy (non-hydrogen) atoms. The number of alkyl halides is 3. The minimum Gasteiger partial charge on any atom is -0.394 e. The summed E-state index contributed by atoms with van der Waals surface area (Å²) in [6.45, 7) is -1.35. The van der Waals surface area contributed by atoms with Crippen molar-refractivity contribution in [3.05, 3.63) is 35.4 Å². The van der Waals surface area contributed by atoms with Gasteiger partial charge in [0, 0.05) is 12.1 Å². The van der Waals surface area contributed by atoms with Crippen molar-refractivity contribution in [2.24, 2.45) is 0 Å². The molecule has 8 N–H and O–H groups in total. The number of halogens is 3. The topological polar surface area (TPSA) is 174 Å². The highest BCUT2D eigenvalue weighted by Gasteiger charge is 2.65. The van der Waals surface area contributed by atoms with E-state index in [9.17, 15) is 38.4 Å². The SMILES string of the molecule is O=C(NC[C@@H](O)[C@@H](O)[C@H](O)[C@H](O)CO)c1ccc(C2(C(F)(F)F)NN2)cc1. The minimum absolute atomic E-state index is 0.00866. The number of benzene rings is 1. The molecule has 1 amide bonds. The first-order valence-corrected chi connectivity index (χ1v) is 7.86. The van der Waals surface area contributed by atoms with Crippen molar-refractivity contribution >= 4 is 5.91 Å². The maximum absolute atomic E-state index is 13.0. The van der Waals surface area contributed by atoms with Crippen LogP contribution in [0.15, 0.2) is 24.3 Å². The first-order valence-electron chi connectivity index (χ1n) is 7.86. The van der Waals surface area contributed by atoms with Gasteiger partial charge < -0.3 is 30.8 Å². The zero-order chi connectivity index (χ0) is 20.4. The van der Waals surface area contributed by atoms with E-state index in [0.717, 1.165) is 24.3 Å². The standard InChI is InChI=1S/C15H20F3N3O6/c16-15(17,18)14(20-21-14)8-3-1-7(2-4-8)13(27)19-5-9(23)11(25)12(26)10(24)6-22/h1-4,9-12,20-26H,5-6H2,(H,19,27)/t9-,10-,11-,12-/m1/s1. The summed E-state index contributed by atoms with van der Waals surface area (Å²) in [5.74, 6) is -0.734. The molecule has 2 rings (SSSR count). The summed E-state index contributed by atoms with van der Waals surface area (Å²) in [6, 6.07) is 4.55. The Morgan fingerprint density at radius 3 is 2.00 bits per heavy atom. The number of carbonyl (C=O) groups excluding carboxylic acids is 1. The average Bonchev–Trinajstić information content (AvgIpc) is 3.46. The van der Waals surface area contributed by atoms with E-state index in [1.807, 2.05) is 10.9 Å². The second-order valence-electron chi connectivity index (χ2n) is 6.08. The number of carbonyl (C=O) groups is 1. The Hall–Kier alpha value is -1.80. The quantitative estimate of drug-likeness (QED) is 0.226. The zero-order valence-electron chi connectivity index (χ0n) is 13.8. The van der Waals surface area contributed by atoms with Gasteiger partial charge in [0.2, 0.25) is 5.66 Å². The summed E-state index contributed by atoms with van der Waals surface area (Å²) in [5.41, 5.74) is 1.59. The van der Waals surface area contributed by atoms with E-state index < -0.39 is 55.3 Å². The smallest absolute Gasteiger partial charge is 0.394 e. The van der Waals surface area contributed by atoms with Gasteiger partial charge >= 0.3 is 6.18 Å². The lowest BCUT2D eigenvalue weighted by Gasteiger charge is -2.25. The molecule has 0 aromatic heterocycles. The second-order valence-corrected chi connectivity index (χ2v) is 6.08. The fourth-order valence-corrected chi connectivity index (χ4v) is 2.37. The summed E-state index contributed by atoms with van der Waals surface area (Å²) in [4.78, 5) is 12.0. The maximum Gasteiger partial charge on any atom is 0.426 e. The predicted molar refractivity (Wildman–Crippen MR) is 83.9 cm³/mol. The molecule has 0 unspecified atom stereocenters. The van der Waals surface area contributed by atoms with Crippen molar-refractivity contribution in [1.82, 2.24) is 16.2 Å². The molecule has 1 saturated heterocycles. The molecule has 0 spiro atoms. The van der Waals surface area contributed by atoms with Crippen LogP contribution in [0.3, 0.4) is 0 Å². The molecule has 1 aliphatic heterocycles. The van der Waals surface area contributed by atoms with Gasteiger partial charge in [0.25, 0.3) is 5.91 Å². The molecule has 0 aliphatic carbocycles. The lowest BCUT2D eigenvalue weighted by Crippen LogP contribution is -2.49. The largest absolute Gasteiger partial charge is 0.426 e. The van der Waals surface area contributed by atoms with E-state index in [-0.39, 0.29) is 11.1 Å². The first-order chi connectivity index (χ1) is 12.5. The molecule has 0 bridgehead atoms. The molecule has 1 fully saturated rings. The summed E-state index contributed by atoms with van der Waals surface area (Å²) in [6.07, 6.45) is -11.6. The summed E-state index contributed by atoms with van der Waals surface area (Å²) in [7, 11) is 0. The minimum atomic E-state index is -4.57. The van der Waals surface area contributed by atoms with Crippen molar-refractivity contribution in [1.29, 1.82) is 0 Å². The maximum atomic E-state index is 13.0. The number of hydrazine groups is 1. The number of amides is 1. The molecule has 4 atom stereocenters. The van der Waals surface area contributed by atoms with Crippen LogP contribution in [0.25, 0.3) is 0 Å². The van der Waals surface area contributed by atoms with Crippen LogP contribution in [-0.2, 0) is 5.66 Å². The van der Waals surface area contributed by atoms with Gasteiger partial charge in [-0.2, -0.15) is 13.2 Å². The van der Waals surface area contributed by atoms with Crippen LogP contribution in [0.2, 0.25) is 0 Å². The van der Waals surface area contributed by atoms with Crippen molar-refractivity contribution < 1.29 is 43.5 Å². The van der Waals surface area contributed by atoms with Crippen molar-refractivity contribution in [2.45, 2.75) is 36.3 Å². The Morgan fingerprint density at radius 2 is 1.56 bits per heavy atom. The number of aliphatic hydroxyl groups is 5. The molecule has 1 aliphatic rings. The van der Waals surface area contributed by atoms with Gasteiger partial charge in [-0.15, -0.1) is 0 Å². The third-order valence-corrected chi connectivity index (χ3v) is 4.18. The predicted octanol–water partition coefficient (Wildman–Crippen LogP) is -2.32. The van der Waals surface area contributed by atoms with Crippen LogP contribution in [0.5, 0.6) is 0 Å². The Kier molecular flexibility index (Phi) is 6.42. The van der Waals surface area contributed by atoms with E-state index in [4.69, 9.17) is 5.11 Å². The van der Waals surface area contributed by atoms with E-state index in [1.54, 1.807) is 0 Å². The Balaban J connectivity index is 1.93. The fourth-order valence-electron chi connectivity index (χ4n) is 2.37. The highest BCUT2D eigenvalue weighted by molar-refractivity contribution is 5.94. The fraction of sp³-hybridized carbons (Fsp3) is 0.533. The van der Waals surface area contributed by atoms with E-state index in [2.05, 4.69) is 5.32 Å². The van der Waals surface area contributed by atoms with Gasteiger partial charge in [-0.3, -0.25) is 4.79 Å². The highest BCUT2D eigenvalue weighted by atomic mass is 19.4. The third-order valence-electron chi connectivity index (χ3n) is 4.18. The lowest BCUT2D eigenvalue weighted by atomic mass is 10.0. The molecule has 0 radical (unpaired) electrons. The van der Waals surface area contributed by atoms with Crippen LogP contribution in [0.1, 0.15) is 15.9 Å². The molecule has 12 heteroatoms. The van der Waals surface area contributed by atoms with Gasteiger partial charge in [0.05, 0.1) is 12.7 Å². The summed E-state index contributed by atoms with van der Waals surface area (Å²) >= 11 is 0. The normalized spacial score (nSPS) is 20.4. The first kappa shape index (κ1) is 21.5. The third kappa shape index (κ3) is 4.55. The molecule has 1 aromatic carbocycles. The van der Waals surface area contributed by atoms with Crippen LogP contribution < -0.4 is 16.2 Å². The average molecular weight is 395 g/mol. The van der Waals surface area contributed by atoms with Crippen LogP contribution in [0.4, 0.5) is 13.2 Å². The highest BCUT2D eigenvalue weighted by Crippen LogP contribution is 2.41. The molecular weight excluding hydrogens is 375 g/mol. The molecule has 0 saturated carbocycles. The molecule has 152 valence electrons. The van der Waals surface area contributed by atoms with Crippen LogP contribution >= 0.6 is 0 Å². The van der Waals surface area contributed by atoms with E-state index >= 15 is 0 Å². The summed E-state index contributed by atoms with van der Waals surface area (Å²) < 4.78 is 38.9. The number of hydrogen-bond donors (Lipinski definition) is 8. The van der Waals surface area contributed by atoms with Gasteiger partial charge in [0.1, 0.15) is 18.3 Å². The number of aliphatic hydroxyl groups excluding tert-OH is 5. The molecule has 1 aromatic rings. The molecular formula is C15H20F3N3O6. The van der Waals surface area contributed by atoms with Gasteiger partial charge in [-0.05, 0) is 17.7 Å². The molecule has 9 nitrogen and oxygen atoms in total. The summed E-state index contributed by atoms with van der Waals surface area (Å²) in [5, 5.41) is 49.0. The van der Waals surface area contributed by atoms with E-state index in [0.29, 0.717) is 0 Å². The zero-order valence-corrected chi connectivity index (χ0v) is 13.8. The van der Waals surface area contributed by atoms with Gasteiger partial charge in [0.15, 0.2) is 0 Å². The second kappa shape index (κ2) is 8.06. The molecule has 1 heterocycles. The lowest BCUT2D eigenvalue weighted by molar-refractivity contribution is -0.165. The Labute approximate surface area is 151 Å². The Morgan fingerprint density at radius 1 is 1.04 bits per heavy atom. The van der Waals surface area contributed by atoms with Crippen LogP contribution in [0, 0.1) is 0 Å². The number of hydrogen-bond acceptors (Lipinski definition) is 8. The van der Waals surface area contributed by atoms with Crippen molar-refractivity contribution in [3.8, 4) is 0 Å². The van der Waals surface area contributed by atoms with Gasteiger partial charge in [-0.25, -0.2) is 10.9 Å². The number of nitrogens with one attached hydrogen (secondary N) is 3. The van der Waals surface area contributed by atoms with Crippen molar-refractivity contribution in [2.75, 3.05) is 13.2 Å². The van der Waals surface area contributed by atoms with E-state index in [1.165, 1.54) is 0 Å². The monoisotopic (exact) mass is 395 g/mol.